The van der Waals surface area contributed by atoms with E-state index in [1.165, 1.54) is 21.8 Å². The van der Waals surface area contributed by atoms with Crippen LogP contribution in [0.1, 0.15) is 19.9 Å². The van der Waals surface area contributed by atoms with E-state index in [0.29, 0.717) is 16.7 Å². The fourth-order valence-corrected chi connectivity index (χ4v) is 2.92. The molecule has 0 aliphatic carbocycles. The Bertz CT molecular complexity index is 1220. The lowest BCUT2D eigenvalue weighted by Gasteiger charge is -2.08. The second kappa shape index (κ2) is 6.31. The van der Waals surface area contributed by atoms with Gasteiger partial charge in [0.2, 0.25) is 5.91 Å². The highest BCUT2D eigenvalue weighted by Crippen LogP contribution is 2.19. The minimum absolute atomic E-state index is 0.153. The van der Waals surface area contributed by atoms with Crippen molar-refractivity contribution in [3.05, 3.63) is 41.3 Å². The third-order valence-corrected chi connectivity index (χ3v) is 4.24. The zero-order chi connectivity index (χ0) is 19.1. The van der Waals surface area contributed by atoms with Crippen LogP contribution in [-0.2, 0) is 18.4 Å². The molecule has 0 radical (unpaired) electrons. The Morgan fingerprint density at radius 2 is 1.96 bits per heavy atom. The summed E-state index contributed by atoms with van der Waals surface area (Å²) >= 11 is 0. The maximum absolute atomic E-state index is 12.4. The first-order valence-electron chi connectivity index (χ1n) is 8.44. The van der Waals surface area contributed by atoms with E-state index in [-0.39, 0.29) is 24.1 Å². The average molecular weight is 366 g/mol. The van der Waals surface area contributed by atoms with Gasteiger partial charge in [-0.05, 0) is 19.9 Å². The van der Waals surface area contributed by atoms with Gasteiger partial charge in [-0.3, -0.25) is 18.8 Å². The van der Waals surface area contributed by atoms with Crippen LogP contribution < -0.4 is 10.9 Å². The summed E-state index contributed by atoms with van der Waals surface area (Å²) in [7, 11) is 1.70. The summed E-state index contributed by atoms with van der Waals surface area (Å²) in [6, 6.07) is 1.99. The molecule has 0 bridgehead atoms. The summed E-state index contributed by atoms with van der Waals surface area (Å²) in [4.78, 5) is 33.4. The Labute approximate surface area is 153 Å². The predicted molar refractivity (Wildman–Crippen MR) is 99.3 cm³/mol. The molecule has 0 spiro atoms. The highest BCUT2D eigenvalue weighted by atomic mass is 16.2. The van der Waals surface area contributed by atoms with Gasteiger partial charge in [-0.15, -0.1) is 0 Å². The Kier molecular flexibility index (Phi) is 3.94. The average Bonchev–Trinajstić information content (AvgIpc) is 3.21. The van der Waals surface area contributed by atoms with Gasteiger partial charge in [0.05, 0.1) is 24.3 Å². The highest BCUT2D eigenvalue weighted by Gasteiger charge is 2.12. The molecule has 10 heteroatoms. The van der Waals surface area contributed by atoms with Crippen molar-refractivity contribution in [2.24, 2.45) is 7.05 Å². The largest absolute Gasteiger partial charge is 0.323 e. The van der Waals surface area contributed by atoms with Crippen molar-refractivity contribution in [1.29, 1.82) is 0 Å². The zero-order valence-corrected chi connectivity index (χ0v) is 15.1. The Hall–Kier alpha value is -3.56. The van der Waals surface area contributed by atoms with Crippen LogP contribution in [0.25, 0.3) is 22.1 Å². The lowest BCUT2D eigenvalue weighted by molar-refractivity contribution is -0.116. The molecular formula is C17H18N8O2. The number of aromatic nitrogens is 7. The molecule has 0 unspecified atom stereocenters. The number of carbonyl (C=O) groups is 1. The third kappa shape index (κ3) is 2.94. The first-order chi connectivity index (χ1) is 12.9. The summed E-state index contributed by atoms with van der Waals surface area (Å²) in [5.41, 5.74) is 1.47. The van der Waals surface area contributed by atoms with E-state index in [4.69, 9.17) is 0 Å². The number of anilines is 1. The van der Waals surface area contributed by atoms with Gasteiger partial charge in [0.25, 0.3) is 5.56 Å². The topological polar surface area (TPSA) is 113 Å². The van der Waals surface area contributed by atoms with Crippen LogP contribution in [0, 0.1) is 0 Å². The van der Waals surface area contributed by atoms with Crippen molar-refractivity contribution in [1.82, 2.24) is 34.1 Å². The molecule has 4 heterocycles. The number of nitrogens with one attached hydrogen (secondary N) is 1. The van der Waals surface area contributed by atoms with Crippen LogP contribution in [0.2, 0.25) is 0 Å². The number of amides is 1. The zero-order valence-electron chi connectivity index (χ0n) is 15.1. The lowest BCUT2D eigenvalue weighted by atomic mass is 10.3. The van der Waals surface area contributed by atoms with Gasteiger partial charge in [0.15, 0.2) is 11.3 Å². The number of rotatable bonds is 4. The predicted octanol–water partition coefficient (Wildman–Crippen LogP) is 1.09. The van der Waals surface area contributed by atoms with E-state index in [2.05, 4.69) is 25.5 Å². The summed E-state index contributed by atoms with van der Waals surface area (Å²) in [5, 5.41) is 12.3. The molecule has 4 rings (SSSR count). The molecule has 138 valence electrons. The quantitative estimate of drug-likeness (QED) is 0.579. The number of fused-ring (bicyclic) bond motifs is 2. The highest BCUT2D eigenvalue weighted by molar-refractivity contribution is 5.92. The lowest BCUT2D eigenvalue weighted by Crippen LogP contribution is -2.27. The summed E-state index contributed by atoms with van der Waals surface area (Å²) in [5.74, 6) is -0.348. The number of aryl methyl sites for hydroxylation is 1. The summed E-state index contributed by atoms with van der Waals surface area (Å²) in [6.45, 7) is 3.89. The van der Waals surface area contributed by atoms with Crippen LogP contribution in [0.15, 0.2) is 35.8 Å². The minimum Gasteiger partial charge on any atom is -0.323 e. The number of hydrogen-bond acceptors (Lipinski definition) is 6. The van der Waals surface area contributed by atoms with Gasteiger partial charge in [-0.2, -0.15) is 10.2 Å². The number of hydrogen-bond donors (Lipinski definition) is 1. The number of pyridine rings is 1. The van der Waals surface area contributed by atoms with Crippen molar-refractivity contribution in [3.8, 4) is 0 Å². The second-order valence-corrected chi connectivity index (χ2v) is 6.55. The molecular weight excluding hydrogens is 348 g/mol. The standard InChI is InChI=1S/C17H18N8O2/c1-10(2)25-15-11(5-21-25)4-12(6-18-15)22-14(26)8-24-9-19-16-13(17(24)27)7-20-23(16)3/h4-7,9-10H,8H2,1-3H3,(H,22,26). The van der Waals surface area contributed by atoms with Crippen molar-refractivity contribution in [3.63, 3.8) is 0 Å². The maximum Gasteiger partial charge on any atom is 0.264 e. The van der Waals surface area contributed by atoms with Crippen molar-refractivity contribution >= 4 is 33.7 Å². The third-order valence-electron chi connectivity index (χ3n) is 4.24. The van der Waals surface area contributed by atoms with Gasteiger partial charge in [-0.25, -0.2) is 14.6 Å². The van der Waals surface area contributed by atoms with Crippen LogP contribution in [0.4, 0.5) is 5.69 Å². The van der Waals surface area contributed by atoms with Gasteiger partial charge >= 0.3 is 0 Å². The van der Waals surface area contributed by atoms with E-state index >= 15 is 0 Å². The Morgan fingerprint density at radius 1 is 1.15 bits per heavy atom. The Morgan fingerprint density at radius 3 is 2.74 bits per heavy atom. The fraction of sp³-hybridized carbons (Fsp3) is 0.294. The molecule has 0 aromatic carbocycles. The van der Waals surface area contributed by atoms with Gasteiger partial charge in [-0.1, -0.05) is 0 Å². The first-order valence-corrected chi connectivity index (χ1v) is 8.44. The summed E-state index contributed by atoms with van der Waals surface area (Å²) < 4.78 is 4.58. The van der Waals surface area contributed by atoms with Crippen LogP contribution in [0.3, 0.4) is 0 Å². The first kappa shape index (κ1) is 16.9. The van der Waals surface area contributed by atoms with E-state index < -0.39 is 0 Å². The molecule has 0 aliphatic rings. The second-order valence-electron chi connectivity index (χ2n) is 6.55. The molecule has 27 heavy (non-hydrogen) atoms. The molecule has 4 aromatic heterocycles. The molecule has 10 nitrogen and oxygen atoms in total. The summed E-state index contributed by atoms with van der Waals surface area (Å²) in [6.07, 6.45) is 6.08. The number of nitrogens with zero attached hydrogens (tertiary/aromatic N) is 7. The maximum atomic E-state index is 12.4. The fourth-order valence-electron chi connectivity index (χ4n) is 2.92. The van der Waals surface area contributed by atoms with E-state index in [0.717, 1.165) is 11.0 Å². The normalized spacial score (nSPS) is 11.6. The molecule has 0 atom stereocenters. The Balaban J connectivity index is 1.55. The SMILES string of the molecule is CC(C)n1ncc2cc(NC(=O)Cn3cnc4c(cnn4C)c3=O)cnc21. The van der Waals surface area contributed by atoms with Crippen LogP contribution in [-0.4, -0.2) is 40.0 Å². The van der Waals surface area contributed by atoms with Crippen LogP contribution in [0.5, 0.6) is 0 Å². The van der Waals surface area contributed by atoms with Gasteiger partial charge in [0, 0.05) is 18.5 Å². The molecule has 0 fully saturated rings. The van der Waals surface area contributed by atoms with Crippen molar-refractivity contribution in [2.45, 2.75) is 26.4 Å². The van der Waals surface area contributed by atoms with Gasteiger partial charge in [0.1, 0.15) is 18.3 Å². The number of carbonyl (C=O) groups excluding carboxylic acids is 1. The van der Waals surface area contributed by atoms with Crippen molar-refractivity contribution < 1.29 is 4.79 Å². The van der Waals surface area contributed by atoms with Crippen LogP contribution >= 0.6 is 0 Å². The monoisotopic (exact) mass is 366 g/mol. The minimum atomic E-state index is -0.348. The smallest absolute Gasteiger partial charge is 0.264 e. The molecule has 1 amide bonds. The molecule has 4 aromatic rings. The van der Waals surface area contributed by atoms with E-state index in [1.54, 1.807) is 25.5 Å². The molecule has 0 aliphatic heterocycles. The van der Waals surface area contributed by atoms with Gasteiger partial charge < -0.3 is 5.32 Å². The molecule has 0 saturated heterocycles. The van der Waals surface area contributed by atoms with E-state index in [1.807, 2.05) is 18.5 Å². The van der Waals surface area contributed by atoms with E-state index in [9.17, 15) is 9.59 Å². The molecule has 1 N–H and O–H groups in total. The molecule has 0 saturated carbocycles. The van der Waals surface area contributed by atoms with Crippen molar-refractivity contribution in [2.75, 3.05) is 5.32 Å².